The van der Waals surface area contributed by atoms with Crippen molar-refractivity contribution in [1.82, 2.24) is 4.90 Å². The van der Waals surface area contributed by atoms with Gasteiger partial charge in [-0.05, 0) is 23.3 Å². The third-order valence-corrected chi connectivity index (χ3v) is 4.34. The van der Waals surface area contributed by atoms with E-state index in [4.69, 9.17) is 22.1 Å². The molecule has 5 heteroatoms. The number of hydrogen-bond acceptors (Lipinski definition) is 3. The molecule has 0 radical (unpaired) electrons. The van der Waals surface area contributed by atoms with Crippen molar-refractivity contribution < 1.29 is 9.53 Å². The summed E-state index contributed by atoms with van der Waals surface area (Å²) in [6.07, 6.45) is -0.0911. The quantitative estimate of drug-likeness (QED) is 0.937. The van der Waals surface area contributed by atoms with Crippen LogP contribution >= 0.6 is 11.6 Å². The Hall–Kier alpha value is -1.88. The molecule has 0 saturated carbocycles. The van der Waals surface area contributed by atoms with Crippen LogP contribution in [0.1, 0.15) is 23.3 Å². The Balaban J connectivity index is 1.81. The van der Waals surface area contributed by atoms with E-state index >= 15 is 0 Å². The van der Waals surface area contributed by atoms with Gasteiger partial charge in [-0.15, -0.1) is 0 Å². The predicted molar refractivity (Wildman–Crippen MR) is 90.1 cm³/mol. The maximum Gasteiger partial charge on any atom is 0.239 e. The number of primary amides is 1. The molecule has 120 valence electrons. The molecule has 0 bridgehead atoms. The van der Waals surface area contributed by atoms with Crippen LogP contribution in [-0.2, 0) is 9.53 Å². The lowest BCUT2D eigenvalue weighted by Gasteiger charge is -2.37. The summed E-state index contributed by atoms with van der Waals surface area (Å²) in [6, 6.07) is 16.8. The second-order valence-electron chi connectivity index (χ2n) is 5.62. The van der Waals surface area contributed by atoms with Crippen LogP contribution in [0.4, 0.5) is 0 Å². The fourth-order valence-electron chi connectivity index (χ4n) is 2.97. The molecule has 2 atom stereocenters. The molecule has 1 fully saturated rings. The van der Waals surface area contributed by atoms with Crippen LogP contribution in [0.15, 0.2) is 54.6 Å². The summed E-state index contributed by atoms with van der Waals surface area (Å²) in [7, 11) is 0. The number of morpholine rings is 1. The fraction of sp³-hybridized carbons (Fsp3) is 0.278. The molecule has 4 nitrogen and oxygen atoms in total. The highest BCUT2D eigenvalue weighted by molar-refractivity contribution is 6.30. The minimum absolute atomic E-state index is 0.0911. The summed E-state index contributed by atoms with van der Waals surface area (Å²) >= 11 is 5.94. The highest BCUT2D eigenvalue weighted by Gasteiger charge is 2.31. The summed E-state index contributed by atoms with van der Waals surface area (Å²) < 4.78 is 5.86. The monoisotopic (exact) mass is 330 g/mol. The van der Waals surface area contributed by atoms with Crippen molar-refractivity contribution in [3.8, 4) is 0 Å². The number of nitrogens with two attached hydrogens (primary N) is 1. The molecule has 1 saturated heterocycles. The van der Waals surface area contributed by atoms with E-state index in [0.717, 1.165) is 11.1 Å². The van der Waals surface area contributed by atoms with Crippen LogP contribution in [0.2, 0.25) is 5.02 Å². The molecule has 1 aliphatic heterocycles. The molecule has 2 aromatic rings. The predicted octanol–water partition coefficient (Wildman–Crippen LogP) is 2.94. The van der Waals surface area contributed by atoms with Gasteiger partial charge in [0.05, 0.1) is 12.7 Å². The van der Waals surface area contributed by atoms with Crippen molar-refractivity contribution in [2.75, 3.05) is 19.7 Å². The van der Waals surface area contributed by atoms with E-state index in [1.165, 1.54) is 0 Å². The van der Waals surface area contributed by atoms with Crippen LogP contribution < -0.4 is 5.73 Å². The van der Waals surface area contributed by atoms with Gasteiger partial charge in [0.2, 0.25) is 5.91 Å². The van der Waals surface area contributed by atoms with Crippen LogP contribution in [-0.4, -0.2) is 30.5 Å². The van der Waals surface area contributed by atoms with Crippen molar-refractivity contribution in [1.29, 1.82) is 0 Å². The van der Waals surface area contributed by atoms with E-state index in [9.17, 15) is 4.79 Å². The Morgan fingerprint density at radius 1 is 1.17 bits per heavy atom. The molecule has 3 rings (SSSR count). The molecular weight excluding hydrogens is 312 g/mol. The molecule has 2 N–H and O–H groups in total. The Bertz CT molecular complexity index is 660. The first-order chi connectivity index (χ1) is 11.1. The number of carbonyl (C=O) groups excluding carboxylic acids is 1. The summed E-state index contributed by atoms with van der Waals surface area (Å²) in [5, 5.41) is 0.695. The highest BCUT2D eigenvalue weighted by Crippen LogP contribution is 2.29. The van der Waals surface area contributed by atoms with Gasteiger partial charge in [0.1, 0.15) is 6.04 Å². The average molecular weight is 331 g/mol. The zero-order valence-corrected chi connectivity index (χ0v) is 13.4. The number of amides is 1. The fourth-order valence-corrected chi connectivity index (χ4v) is 3.10. The number of benzene rings is 2. The van der Waals surface area contributed by atoms with Gasteiger partial charge >= 0.3 is 0 Å². The first-order valence-corrected chi connectivity index (χ1v) is 7.98. The molecule has 0 aromatic heterocycles. The Labute approximate surface area is 140 Å². The standard InChI is InChI=1S/C18H19ClN2O2/c19-15-8-6-13(7-9-15)16-12-21(10-11-23-16)17(18(20)22)14-4-2-1-3-5-14/h1-9,16-17H,10-12H2,(H2,20,22)/t16-,17+/m1/s1. The Morgan fingerprint density at radius 3 is 2.52 bits per heavy atom. The summed E-state index contributed by atoms with van der Waals surface area (Å²) in [6.45, 7) is 1.85. The third-order valence-electron chi connectivity index (χ3n) is 4.09. The number of rotatable bonds is 4. The summed E-state index contributed by atoms with van der Waals surface area (Å²) in [4.78, 5) is 14.1. The number of halogens is 1. The number of ether oxygens (including phenoxy) is 1. The number of nitrogens with zero attached hydrogens (tertiary/aromatic N) is 1. The Kier molecular flexibility index (Phi) is 4.96. The lowest BCUT2D eigenvalue weighted by Crippen LogP contribution is -2.45. The molecule has 2 aromatic carbocycles. The Morgan fingerprint density at radius 2 is 1.87 bits per heavy atom. The molecule has 1 amide bonds. The van der Waals surface area contributed by atoms with Gasteiger partial charge in [0.25, 0.3) is 0 Å². The molecule has 0 aliphatic carbocycles. The van der Waals surface area contributed by atoms with Gasteiger partial charge in [-0.1, -0.05) is 54.1 Å². The highest BCUT2D eigenvalue weighted by atomic mass is 35.5. The SMILES string of the molecule is NC(=O)[C@H](c1ccccc1)N1CCO[C@@H](c2ccc(Cl)cc2)C1. The van der Waals surface area contributed by atoms with Crippen molar-refractivity contribution in [2.45, 2.75) is 12.1 Å². The number of carbonyl (C=O) groups is 1. The lowest BCUT2D eigenvalue weighted by molar-refractivity contribution is -0.127. The first kappa shape index (κ1) is 16.0. The molecular formula is C18H19ClN2O2. The zero-order valence-electron chi connectivity index (χ0n) is 12.7. The maximum atomic E-state index is 12.0. The van der Waals surface area contributed by atoms with Gasteiger partial charge in [-0.2, -0.15) is 0 Å². The van der Waals surface area contributed by atoms with E-state index in [0.29, 0.717) is 24.7 Å². The van der Waals surface area contributed by atoms with E-state index < -0.39 is 6.04 Å². The number of hydrogen-bond donors (Lipinski definition) is 1. The smallest absolute Gasteiger partial charge is 0.239 e. The van der Waals surface area contributed by atoms with Gasteiger partial charge in [0.15, 0.2) is 0 Å². The minimum atomic E-state index is -0.435. The molecule has 1 aliphatic rings. The molecule has 1 heterocycles. The maximum absolute atomic E-state index is 12.0. The van der Waals surface area contributed by atoms with Crippen molar-refractivity contribution in [3.63, 3.8) is 0 Å². The molecule has 0 unspecified atom stereocenters. The van der Waals surface area contributed by atoms with Crippen molar-refractivity contribution in [3.05, 3.63) is 70.7 Å². The van der Waals surface area contributed by atoms with E-state index in [2.05, 4.69) is 4.90 Å². The van der Waals surface area contributed by atoms with Gasteiger partial charge < -0.3 is 10.5 Å². The van der Waals surface area contributed by atoms with Crippen LogP contribution in [0.3, 0.4) is 0 Å². The topological polar surface area (TPSA) is 55.6 Å². The van der Waals surface area contributed by atoms with Gasteiger partial charge in [0, 0.05) is 18.1 Å². The zero-order chi connectivity index (χ0) is 16.2. The van der Waals surface area contributed by atoms with E-state index in [1.807, 2.05) is 54.6 Å². The molecule has 23 heavy (non-hydrogen) atoms. The second-order valence-corrected chi connectivity index (χ2v) is 6.06. The van der Waals surface area contributed by atoms with Crippen LogP contribution in [0, 0.1) is 0 Å². The van der Waals surface area contributed by atoms with Crippen LogP contribution in [0.25, 0.3) is 0 Å². The lowest BCUT2D eigenvalue weighted by atomic mass is 10.0. The van der Waals surface area contributed by atoms with Crippen molar-refractivity contribution >= 4 is 17.5 Å². The normalized spacial score (nSPS) is 20.1. The second kappa shape index (κ2) is 7.13. The first-order valence-electron chi connectivity index (χ1n) is 7.60. The average Bonchev–Trinajstić information content (AvgIpc) is 2.57. The van der Waals surface area contributed by atoms with Gasteiger partial charge in [-0.25, -0.2) is 0 Å². The van der Waals surface area contributed by atoms with Gasteiger partial charge in [-0.3, -0.25) is 9.69 Å². The molecule has 0 spiro atoms. The summed E-state index contributed by atoms with van der Waals surface area (Å²) in [5.41, 5.74) is 7.63. The van der Waals surface area contributed by atoms with Crippen LogP contribution in [0.5, 0.6) is 0 Å². The summed E-state index contributed by atoms with van der Waals surface area (Å²) in [5.74, 6) is -0.340. The van der Waals surface area contributed by atoms with E-state index in [1.54, 1.807) is 0 Å². The third kappa shape index (κ3) is 3.72. The minimum Gasteiger partial charge on any atom is -0.371 e. The largest absolute Gasteiger partial charge is 0.371 e. The van der Waals surface area contributed by atoms with E-state index in [-0.39, 0.29) is 12.0 Å². The van der Waals surface area contributed by atoms with Crippen molar-refractivity contribution in [2.24, 2.45) is 5.73 Å².